The predicted molar refractivity (Wildman–Crippen MR) is 218 cm³/mol. The number of hydrogen-bond donors (Lipinski definition) is 1. The first-order valence-corrected chi connectivity index (χ1v) is 22.7. The maximum Gasteiger partial charge on any atom is 0.0238 e. The largest absolute Gasteiger partial charge is 0.314 e. The van der Waals surface area contributed by atoms with Crippen molar-refractivity contribution in [2.45, 2.75) is 265 Å². The molecule has 0 saturated heterocycles. The molecule has 0 amide bonds. The topological polar surface area (TPSA) is 23.5 Å². The molecule has 0 radical (unpaired) electrons. The van der Waals surface area contributed by atoms with Gasteiger partial charge in [-0.3, -0.25) is 0 Å². The maximum atomic E-state index is 10.3. The molecule has 0 heterocycles. The lowest BCUT2D eigenvalue weighted by Gasteiger charge is -2.17. The summed E-state index contributed by atoms with van der Waals surface area (Å²) in [5.41, 5.74) is 1.48. The molecule has 0 unspecified atom stereocenters. The van der Waals surface area contributed by atoms with Crippen molar-refractivity contribution in [1.82, 2.24) is 5.06 Å². The molecule has 0 aromatic carbocycles. The monoisotopic (exact) mass is 676 g/mol. The lowest BCUT2D eigenvalue weighted by molar-refractivity contribution is -0.0925. The van der Waals surface area contributed by atoms with Crippen molar-refractivity contribution >= 4 is 0 Å². The Bertz CT molecular complexity index is 587. The Morgan fingerprint density at radius 2 is 0.625 bits per heavy atom. The van der Waals surface area contributed by atoms with Gasteiger partial charge < -0.3 is 5.21 Å². The summed E-state index contributed by atoms with van der Waals surface area (Å²) in [6.07, 6.45) is 52.7. The average Bonchev–Trinajstić information content (AvgIpc) is 3.08. The second-order valence-corrected chi connectivity index (χ2v) is 16.0. The van der Waals surface area contributed by atoms with Gasteiger partial charge in [0.15, 0.2) is 0 Å². The summed E-state index contributed by atoms with van der Waals surface area (Å²) in [5, 5.41) is 11.9. The van der Waals surface area contributed by atoms with E-state index in [1.54, 1.807) is 5.06 Å². The van der Waals surface area contributed by atoms with Crippen molar-refractivity contribution < 1.29 is 5.21 Å². The molecular formula is C46H93NO. The molecule has 0 aromatic rings. The van der Waals surface area contributed by atoms with Crippen LogP contribution in [0.5, 0.6) is 0 Å². The average molecular weight is 676 g/mol. The first kappa shape index (κ1) is 47.7. The van der Waals surface area contributed by atoms with Gasteiger partial charge in [0.1, 0.15) is 0 Å². The Kier molecular flexibility index (Phi) is 40.8. The van der Waals surface area contributed by atoms with E-state index in [0.29, 0.717) is 0 Å². The summed E-state index contributed by atoms with van der Waals surface area (Å²) >= 11 is 0. The molecule has 0 aliphatic carbocycles. The molecule has 48 heavy (non-hydrogen) atoms. The van der Waals surface area contributed by atoms with Crippen molar-refractivity contribution in [3.63, 3.8) is 0 Å². The summed E-state index contributed by atoms with van der Waals surface area (Å²) in [6, 6.07) is 0. The first-order valence-electron chi connectivity index (χ1n) is 22.7. The molecule has 0 aromatic heterocycles. The van der Waals surface area contributed by atoms with Crippen LogP contribution in [0.3, 0.4) is 0 Å². The Morgan fingerprint density at radius 3 is 0.938 bits per heavy atom. The minimum Gasteiger partial charge on any atom is -0.314 e. The lowest BCUT2D eigenvalue weighted by atomic mass is 9.89. The van der Waals surface area contributed by atoms with Gasteiger partial charge in [-0.05, 0) is 44.4 Å². The van der Waals surface area contributed by atoms with Crippen LogP contribution in [0.15, 0.2) is 12.2 Å². The fourth-order valence-electron chi connectivity index (χ4n) is 7.59. The summed E-state index contributed by atoms with van der Waals surface area (Å²) < 4.78 is 0. The third kappa shape index (κ3) is 38.5. The molecule has 0 atom stereocenters. The SMILES string of the molecule is C=C(CCCCCCCCCC)CCCCCCCN(O)CCCCCCCCCCC(CCCCCCCC)CCCCCCCC. The fraction of sp³-hybridized carbons (Fsp3) is 0.957. The van der Waals surface area contributed by atoms with Crippen molar-refractivity contribution in [3.8, 4) is 0 Å². The van der Waals surface area contributed by atoms with Crippen molar-refractivity contribution in [2.75, 3.05) is 13.1 Å². The van der Waals surface area contributed by atoms with Gasteiger partial charge in [0.2, 0.25) is 0 Å². The van der Waals surface area contributed by atoms with E-state index in [-0.39, 0.29) is 0 Å². The molecule has 1 N–H and O–H groups in total. The van der Waals surface area contributed by atoms with Gasteiger partial charge in [0, 0.05) is 13.1 Å². The predicted octanol–water partition coefficient (Wildman–Crippen LogP) is 16.7. The van der Waals surface area contributed by atoms with Crippen molar-refractivity contribution in [2.24, 2.45) is 5.92 Å². The summed E-state index contributed by atoms with van der Waals surface area (Å²) in [4.78, 5) is 0. The number of rotatable bonds is 42. The normalized spacial score (nSPS) is 11.8. The summed E-state index contributed by atoms with van der Waals surface area (Å²) in [6.45, 7) is 13.0. The number of allylic oxidation sites excluding steroid dienone is 1. The highest BCUT2D eigenvalue weighted by Gasteiger charge is 2.09. The van der Waals surface area contributed by atoms with Crippen LogP contribution >= 0.6 is 0 Å². The van der Waals surface area contributed by atoms with Gasteiger partial charge in [-0.1, -0.05) is 238 Å². The number of hydroxylamine groups is 2. The molecule has 0 bridgehead atoms. The van der Waals surface area contributed by atoms with Gasteiger partial charge in [-0.15, -0.1) is 0 Å². The van der Waals surface area contributed by atoms with Crippen LogP contribution in [-0.4, -0.2) is 23.4 Å². The molecular weight excluding hydrogens is 583 g/mol. The van der Waals surface area contributed by atoms with E-state index >= 15 is 0 Å². The van der Waals surface area contributed by atoms with E-state index in [9.17, 15) is 5.21 Å². The number of unbranched alkanes of at least 4 members (excludes halogenated alkanes) is 28. The van der Waals surface area contributed by atoms with Crippen molar-refractivity contribution in [3.05, 3.63) is 12.2 Å². The lowest BCUT2D eigenvalue weighted by Crippen LogP contribution is -2.21. The van der Waals surface area contributed by atoms with Gasteiger partial charge in [0.05, 0.1) is 0 Å². The minimum absolute atomic E-state index is 0.851. The fourth-order valence-corrected chi connectivity index (χ4v) is 7.59. The van der Waals surface area contributed by atoms with E-state index in [1.165, 1.54) is 237 Å². The second kappa shape index (κ2) is 41.1. The van der Waals surface area contributed by atoms with E-state index in [0.717, 1.165) is 31.8 Å². The number of nitrogens with zero attached hydrogens (tertiary/aromatic N) is 1. The van der Waals surface area contributed by atoms with Crippen LogP contribution in [0, 0.1) is 5.92 Å². The third-order valence-corrected chi connectivity index (χ3v) is 11.0. The van der Waals surface area contributed by atoms with E-state index < -0.39 is 0 Å². The molecule has 288 valence electrons. The Labute approximate surface area is 305 Å². The summed E-state index contributed by atoms with van der Waals surface area (Å²) in [5.74, 6) is 1.00. The molecule has 0 saturated carbocycles. The van der Waals surface area contributed by atoms with Crippen molar-refractivity contribution in [1.29, 1.82) is 0 Å². The van der Waals surface area contributed by atoms with Gasteiger partial charge in [0.25, 0.3) is 0 Å². The van der Waals surface area contributed by atoms with Gasteiger partial charge in [-0.25, -0.2) is 0 Å². The van der Waals surface area contributed by atoms with Crippen LogP contribution < -0.4 is 0 Å². The van der Waals surface area contributed by atoms with E-state index in [4.69, 9.17) is 0 Å². The second-order valence-electron chi connectivity index (χ2n) is 16.0. The van der Waals surface area contributed by atoms with E-state index in [2.05, 4.69) is 27.4 Å². The summed E-state index contributed by atoms with van der Waals surface area (Å²) in [7, 11) is 0. The molecule has 2 heteroatoms. The first-order chi connectivity index (χ1) is 23.6. The zero-order valence-corrected chi connectivity index (χ0v) is 34.0. The van der Waals surface area contributed by atoms with Crippen LogP contribution in [0.4, 0.5) is 0 Å². The smallest absolute Gasteiger partial charge is 0.0238 e. The van der Waals surface area contributed by atoms with Gasteiger partial charge >= 0.3 is 0 Å². The maximum absolute atomic E-state index is 10.3. The highest BCUT2D eigenvalue weighted by molar-refractivity contribution is 4.93. The minimum atomic E-state index is 0.851. The van der Waals surface area contributed by atoms with Gasteiger partial charge in [-0.2, -0.15) is 5.06 Å². The van der Waals surface area contributed by atoms with Crippen LogP contribution in [0.2, 0.25) is 0 Å². The van der Waals surface area contributed by atoms with Crippen LogP contribution in [-0.2, 0) is 0 Å². The molecule has 0 rings (SSSR count). The van der Waals surface area contributed by atoms with Crippen LogP contribution in [0.25, 0.3) is 0 Å². The molecule has 0 fully saturated rings. The Morgan fingerprint density at radius 1 is 0.375 bits per heavy atom. The molecule has 0 aliphatic heterocycles. The third-order valence-electron chi connectivity index (χ3n) is 11.0. The standard InChI is InChI=1S/C46H93NO/c1-5-8-11-14-17-20-24-31-38-45(4)39-32-25-23-30-37-44-47(48)43-36-29-22-19-18-21-28-35-42-46(40-33-26-15-12-9-6-2)41-34-27-16-13-10-7-3/h46,48H,4-44H2,1-3H3. The molecule has 0 aliphatic rings. The Hall–Kier alpha value is -0.340. The number of hydrogen-bond acceptors (Lipinski definition) is 2. The quantitative estimate of drug-likeness (QED) is 0.0395. The Balaban J connectivity index is 3.61. The highest BCUT2D eigenvalue weighted by atomic mass is 16.5. The highest BCUT2D eigenvalue weighted by Crippen LogP contribution is 2.25. The van der Waals surface area contributed by atoms with Crippen LogP contribution in [0.1, 0.15) is 265 Å². The zero-order valence-electron chi connectivity index (χ0n) is 34.0. The van der Waals surface area contributed by atoms with E-state index in [1.807, 2.05) is 0 Å². The molecule has 0 spiro atoms. The molecule has 2 nitrogen and oxygen atoms in total. The zero-order chi connectivity index (χ0) is 35.0.